The van der Waals surface area contributed by atoms with Gasteiger partial charge in [-0.15, -0.1) is 0 Å². The second-order valence-electron chi connectivity index (χ2n) is 7.45. The van der Waals surface area contributed by atoms with E-state index in [9.17, 15) is 22.8 Å². The monoisotopic (exact) mass is 422 g/mol. The summed E-state index contributed by atoms with van der Waals surface area (Å²) in [6.45, 7) is 8.17. The quantitative estimate of drug-likeness (QED) is 0.573. The summed E-state index contributed by atoms with van der Waals surface area (Å²) in [7, 11) is 0. The van der Waals surface area contributed by atoms with Gasteiger partial charge in [0.25, 0.3) is 11.8 Å². The first kappa shape index (κ1) is 23.4. The maximum absolute atomic E-state index is 13.8. The molecule has 0 aliphatic rings. The lowest BCUT2D eigenvalue weighted by Crippen LogP contribution is -3.14. The number of benzene rings is 2. The molecule has 2 aromatic carbocycles. The Bertz CT molecular complexity index is 924. The fourth-order valence-electron chi connectivity index (χ4n) is 3.42. The van der Waals surface area contributed by atoms with E-state index in [-0.39, 0.29) is 19.0 Å². The molecule has 1 atom stereocenters. The number of nitrogens with one attached hydrogen (secondary N) is 3. The number of quaternary nitrogens is 1. The van der Waals surface area contributed by atoms with E-state index in [1.165, 1.54) is 0 Å². The average molecular weight is 422 g/mol. The lowest BCUT2D eigenvalue weighted by atomic mass is 10.1. The average Bonchev–Trinajstić information content (AvgIpc) is 2.65. The molecule has 0 aromatic heterocycles. The van der Waals surface area contributed by atoms with E-state index in [0.29, 0.717) is 11.4 Å². The highest BCUT2D eigenvalue weighted by Gasteiger charge is 2.21. The Morgan fingerprint density at radius 3 is 2.03 bits per heavy atom. The Kier molecular flexibility index (Phi) is 8.00. The fraction of sp³-hybridized carbons (Fsp3) is 0.364. The third-order valence-corrected chi connectivity index (χ3v) is 4.68. The van der Waals surface area contributed by atoms with Crippen LogP contribution in [0.5, 0.6) is 0 Å². The van der Waals surface area contributed by atoms with E-state index in [0.717, 1.165) is 40.9 Å². The summed E-state index contributed by atoms with van der Waals surface area (Å²) in [6, 6.07) is 5.65. The molecular weight excluding hydrogens is 395 g/mol. The van der Waals surface area contributed by atoms with E-state index in [1.54, 1.807) is 0 Å². The van der Waals surface area contributed by atoms with Crippen molar-refractivity contribution in [3.05, 3.63) is 58.4 Å². The van der Waals surface area contributed by atoms with Crippen molar-refractivity contribution < 1.29 is 27.7 Å². The van der Waals surface area contributed by atoms with Crippen molar-refractivity contribution in [1.82, 2.24) is 0 Å². The van der Waals surface area contributed by atoms with Gasteiger partial charge in [0.1, 0.15) is 0 Å². The van der Waals surface area contributed by atoms with E-state index < -0.39 is 29.0 Å². The first-order valence-corrected chi connectivity index (χ1v) is 9.77. The van der Waals surface area contributed by atoms with Crippen LogP contribution in [0.1, 0.15) is 30.0 Å². The maximum Gasteiger partial charge on any atom is 0.279 e. The van der Waals surface area contributed by atoms with Gasteiger partial charge in [0.2, 0.25) is 0 Å². The number of halogens is 3. The number of rotatable bonds is 8. The molecule has 0 saturated heterocycles. The van der Waals surface area contributed by atoms with Crippen LogP contribution in [0.25, 0.3) is 0 Å². The smallest absolute Gasteiger partial charge is 0.279 e. The standard InChI is InChI=1S/C22H26F3N3O2/c1-5-8-28(11-18(29)26-17-7-6-16(23)20(24)21(17)25)12-19(30)27-22-14(3)9-13(2)10-15(22)4/h6-7,9-10H,5,8,11-12H2,1-4H3,(H,26,29)(H,27,30)/p+1. The lowest BCUT2D eigenvalue weighted by molar-refractivity contribution is -0.883. The first-order valence-electron chi connectivity index (χ1n) is 9.77. The molecule has 2 amide bonds. The van der Waals surface area contributed by atoms with Gasteiger partial charge in [-0.3, -0.25) is 9.59 Å². The van der Waals surface area contributed by atoms with Crippen molar-refractivity contribution in [1.29, 1.82) is 0 Å². The van der Waals surface area contributed by atoms with Crippen molar-refractivity contribution in [2.45, 2.75) is 34.1 Å². The molecule has 162 valence electrons. The van der Waals surface area contributed by atoms with Crippen molar-refractivity contribution in [2.24, 2.45) is 0 Å². The molecule has 8 heteroatoms. The minimum Gasteiger partial charge on any atom is -0.321 e. The molecule has 0 radical (unpaired) electrons. The van der Waals surface area contributed by atoms with Crippen LogP contribution in [-0.4, -0.2) is 31.4 Å². The van der Waals surface area contributed by atoms with Gasteiger partial charge in [-0.25, -0.2) is 13.2 Å². The molecule has 0 heterocycles. The number of anilines is 2. The molecule has 2 aromatic rings. The zero-order valence-electron chi connectivity index (χ0n) is 17.6. The Hall–Kier alpha value is -2.87. The van der Waals surface area contributed by atoms with Gasteiger partial charge in [0, 0.05) is 5.69 Å². The molecule has 30 heavy (non-hydrogen) atoms. The van der Waals surface area contributed by atoms with E-state index in [2.05, 4.69) is 10.6 Å². The van der Waals surface area contributed by atoms with Crippen LogP contribution >= 0.6 is 0 Å². The maximum atomic E-state index is 13.8. The highest BCUT2D eigenvalue weighted by Crippen LogP contribution is 2.21. The van der Waals surface area contributed by atoms with Gasteiger partial charge >= 0.3 is 0 Å². The van der Waals surface area contributed by atoms with Crippen LogP contribution in [0.15, 0.2) is 24.3 Å². The van der Waals surface area contributed by atoms with Gasteiger partial charge in [-0.1, -0.05) is 24.6 Å². The third-order valence-electron chi connectivity index (χ3n) is 4.68. The van der Waals surface area contributed by atoms with E-state index >= 15 is 0 Å². The number of hydrogen-bond donors (Lipinski definition) is 3. The van der Waals surface area contributed by atoms with Gasteiger partial charge in [-0.05, 0) is 50.5 Å². The topological polar surface area (TPSA) is 62.6 Å². The molecule has 0 bridgehead atoms. The summed E-state index contributed by atoms with van der Waals surface area (Å²) in [5.41, 5.74) is 3.30. The zero-order chi connectivity index (χ0) is 22.4. The lowest BCUT2D eigenvalue weighted by Gasteiger charge is -2.19. The summed E-state index contributed by atoms with van der Waals surface area (Å²) in [6.07, 6.45) is 0.720. The van der Waals surface area contributed by atoms with Crippen LogP contribution in [0.3, 0.4) is 0 Å². The molecule has 1 unspecified atom stereocenters. The van der Waals surface area contributed by atoms with Crippen molar-refractivity contribution in [3.8, 4) is 0 Å². The predicted molar refractivity (Wildman–Crippen MR) is 110 cm³/mol. The SMILES string of the molecule is CCC[NH+](CC(=O)Nc1ccc(F)c(F)c1F)CC(=O)Nc1c(C)cc(C)cc1C. The molecular formula is C22H27F3N3O2+. The Balaban J connectivity index is 2.03. The van der Waals surface area contributed by atoms with Crippen LogP contribution < -0.4 is 15.5 Å². The third kappa shape index (κ3) is 6.06. The van der Waals surface area contributed by atoms with E-state index in [1.807, 2.05) is 39.8 Å². The van der Waals surface area contributed by atoms with Crippen LogP contribution in [0.2, 0.25) is 0 Å². The second kappa shape index (κ2) is 10.2. The number of hydrogen-bond acceptors (Lipinski definition) is 2. The summed E-state index contributed by atoms with van der Waals surface area (Å²) in [5, 5.41) is 5.14. The zero-order valence-corrected chi connectivity index (χ0v) is 17.6. The molecule has 0 saturated carbocycles. The number of carbonyl (C=O) groups is 2. The highest BCUT2D eigenvalue weighted by atomic mass is 19.2. The van der Waals surface area contributed by atoms with Crippen molar-refractivity contribution in [2.75, 3.05) is 30.3 Å². The van der Waals surface area contributed by atoms with Crippen LogP contribution in [-0.2, 0) is 9.59 Å². The summed E-state index contributed by atoms with van der Waals surface area (Å²) < 4.78 is 40.1. The molecule has 5 nitrogen and oxygen atoms in total. The summed E-state index contributed by atoms with van der Waals surface area (Å²) >= 11 is 0. The molecule has 2 rings (SSSR count). The first-order chi connectivity index (χ1) is 14.1. The molecule has 3 N–H and O–H groups in total. The fourth-order valence-corrected chi connectivity index (χ4v) is 3.42. The number of carbonyl (C=O) groups excluding carboxylic acids is 2. The van der Waals surface area contributed by atoms with Gasteiger partial charge < -0.3 is 15.5 Å². The summed E-state index contributed by atoms with van der Waals surface area (Å²) in [4.78, 5) is 25.5. The molecule has 0 fully saturated rings. The molecule has 0 spiro atoms. The highest BCUT2D eigenvalue weighted by molar-refractivity contribution is 5.94. The molecule has 0 aliphatic carbocycles. The Labute approximate surface area is 174 Å². The minimum absolute atomic E-state index is 0.0360. The van der Waals surface area contributed by atoms with E-state index in [4.69, 9.17) is 0 Å². The largest absolute Gasteiger partial charge is 0.321 e. The minimum atomic E-state index is -1.64. The van der Waals surface area contributed by atoms with Crippen LogP contribution in [0.4, 0.5) is 24.5 Å². The van der Waals surface area contributed by atoms with Gasteiger partial charge in [0.15, 0.2) is 30.5 Å². The van der Waals surface area contributed by atoms with Gasteiger partial charge in [-0.2, -0.15) is 0 Å². The number of aryl methyl sites for hydroxylation is 3. The predicted octanol–water partition coefficient (Wildman–Crippen LogP) is 2.90. The normalized spacial score (nSPS) is 11.8. The van der Waals surface area contributed by atoms with Crippen molar-refractivity contribution in [3.63, 3.8) is 0 Å². The van der Waals surface area contributed by atoms with Gasteiger partial charge in [0.05, 0.1) is 12.2 Å². The summed E-state index contributed by atoms with van der Waals surface area (Å²) in [5.74, 6) is -5.28. The number of amides is 2. The molecule has 0 aliphatic heterocycles. The Morgan fingerprint density at radius 1 is 0.900 bits per heavy atom. The second-order valence-corrected chi connectivity index (χ2v) is 7.45. The van der Waals surface area contributed by atoms with Crippen molar-refractivity contribution >= 4 is 23.2 Å². The van der Waals surface area contributed by atoms with Crippen LogP contribution in [0, 0.1) is 38.2 Å². The Morgan fingerprint density at radius 2 is 1.47 bits per heavy atom.